The number of hydrogen-bond donors (Lipinski definition) is 1. The van der Waals surface area contributed by atoms with Crippen LogP contribution >= 0.6 is 0 Å². The summed E-state index contributed by atoms with van der Waals surface area (Å²) in [5, 5.41) is 0. The maximum atomic E-state index is 5.79. The molecule has 0 atom stereocenters. The number of nitrogen functional groups attached to an aromatic ring is 1. The fraction of sp³-hybridized carbons (Fsp3) is 0.105. The Morgan fingerprint density at radius 3 is 2.50 bits per heavy atom. The highest BCUT2D eigenvalue weighted by Gasteiger charge is 2.04. The Kier molecular flexibility index (Phi) is 4.05. The molecule has 0 aliphatic rings. The van der Waals surface area contributed by atoms with Gasteiger partial charge in [-0.15, -0.1) is 0 Å². The molecule has 0 saturated heterocycles. The molecule has 3 heteroatoms. The van der Waals surface area contributed by atoms with Crippen molar-refractivity contribution in [3.8, 4) is 17.0 Å². The summed E-state index contributed by atoms with van der Waals surface area (Å²) in [6, 6.07) is 19.9. The predicted molar refractivity (Wildman–Crippen MR) is 89.6 cm³/mol. The Morgan fingerprint density at radius 1 is 1.00 bits per heavy atom. The number of nitrogens with two attached hydrogens (primary N) is 1. The van der Waals surface area contributed by atoms with Crippen molar-refractivity contribution in [3.05, 3.63) is 78.0 Å². The van der Waals surface area contributed by atoms with E-state index in [9.17, 15) is 0 Å². The fourth-order valence-corrected chi connectivity index (χ4v) is 2.37. The van der Waals surface area contributed by atoms with Crippen LogP contribution in [-0.2, 0) is 6.61 Å². The normalized spacial score (nSPS) is 10.4. The molecule has 0 saturated carbocycles. The quantitative estimate of drug-likeness (QED) is 0.732. The minimum Gasteiger partial charge on any atom is -0.473 e. The van der Waals surface area contributed by atoms with E-state index in [0.29, 0.717) is 12.5 Å². The molecule has 1 heterocycles. The molecule has 3 nitrogen and oxygen atoms in total. The van der Waals surface area contributed by atoms with Gasteiger partial charge in [0, 0.05) is 23.5 Å². The maximum Gasteiger partial charge on any atom is 0.213 e. The summed E-state index contributed by atoms with van der Waals surface area (Å²) in [6.45, 7) is 2.57. The Morgan fingerprint density at radius 2 is 1.82 bits per heavy atom. The van der Waals surface area contributed by atoms with Gasteiger partial charge in [-0.3, -0.25) is 0 Å². The van der Waals surface area contributed by atoms with E-state index in [4.69, 9.17) is 10.5 Å². The lowest BCUT2D eigenvalue weighted by Crippen LogP contribution is -1.97. The number of rotatable bonds is 4. The number of nitrogens with zero attached hydrogens (tertiary/aromatic N) is 1. The van der Waals surface area contributed by atoms with Gasteiger partial charge in [-0.1, -0.05) is 36.4 Å². The summed E-state index contributed by atoms with van der Waals surface area (Å²) >= 11 is 0. The van der Waals surface area contributed by atoms with E-state index in [1.165, 1.54) is 0 Å². The molecule has 0 aliphatic carbocycles. The Balaban J connectivity index is 1.72. The van der Waals surface area contributed by atoms with Crippen molar-refractivity contribution in [1.29, 1.82) is 0 Å². The molecular weight excluding hydrogens is 272 g/mol. The molecule has 0 amide bonds. The van der Waals surface area contributed by atoms with Gasteiger partial charge in [0.05, 0.1) is 0 Å². The van der Waals surface area contributed by atoms with Gasteiger partial charge in [-0.25, -0.2) is 4.98 Å². The second kappa shape index (κ2) is 6.31. The molecule has 110 valence electrons. The third kappa shape index (κ3) is 3.26. The third-order valence-electron chi connectivity index (χ3n) is 3.53. The summed E-state index contributed by atoms with van der Waals surface area (Å²) in [5.74, 6) is 0.626. The molecule has 0 spiro atoms. The predicted octanol–water partition coefficient (Wildman–Crippen LogP) is 4.22. The molecule has 0 radical (unpaired) electrons. The third-order valence-corrected chi connectivity index (χ3v) is 3.53. The van der Waals surface area contributed by atoms with Crippen LogP contribution in [0.5, 0.6) is 5.88 Å². The van der Waals surface area contributed by atoms with E-state index in [1.54, 1.807) is 0 Å². The number of ether oxygens (including phenoxy) is 1. The minimum atomic E-state index is 0.522. The van der Waals surface area contributed by atoms with Crippen molar-refractivity contribution in [3.63, 3.8) is 0 Å². The topological polar surface area (TPSA) is 48.1 Å². The lowest BCUT2D eigenvalue weighted by molar-refractivity contribution is 0.294. The van der Waals surface area contributed by atoms with Gasteiger partial charge in [0.15, 0.2) is 0 Å². The highest BCUT2D eigenvalue weighted by molar-refractivity contribution is 5.69. The first-order chi connectivity index (χ1) is 10.7. The van der Waals surface area contributed by atoms with Crippen molar-refractivity contribution in [2.45, 2.75) is 13.5 Å². The molecule has 2 N–H and O–H groups in total. The zero-order valence-electron chi connectivity index (χ0n) is 12.5. The van der Waals surface area contributed by atoms with Crippen LogP contribution in [0.15, 0.2) is 66.9 Å². The standard InChI is InChI=1S/C19H18N2O/c1-14-11-17(20)8-9-18(14)16-7-10-19(21-12-16)22-13-15-5-3-2-4-6-15/h2-12H,13,20H2,1H3. The summed E-state index contributed by atoms with van der Waals surface area (Å²) in [6.07, 6.45) is 1.83. The summed E-state index contributed by atoms with van der Waals surface area (Å²) in [5.41, 5.74) is 11.0. The highest BCUT2D eigenvalue weighted by Crippen LogP contribution is 2.25. The molecule has 3 aromatic rings. The summed E-state index contributed by atoms with van der Waals surface area (Å²) in [4.78, 5) is 4.38. The fourth-order valence-electron chi connectivity index (χ4n) is 2.37. The van der Waals surface area contributed by atoms with Crippen LogP contribution in [0, 0.1) is 6.92 Å². The Bertz CT molecular complexity index is 752. The second-order valence-corrected chi connectivity index (χ2v) is 5.23. The van der Waals surface area contributed by atoms with Crippen LogP contribution < -0.4 is 10.5 Å². The van der Waals surface area contributed by atoms with Gasteiger partial charge in [0.2, 0.25) is 5.88 Å². The molecule has 0 fully saturated rings. The van der Waals surface area contributed by atoms with E-state index >= 15 is 0 Å². The van der Waals surface area contributed by atoms with Gasteiger partial charge >= 0.3 is 0 Å². The molecule has 0 aliphatic heterocycles. The van der Waals surface area contributed by atoms with E-state index < -0.39 is 0 Å². The minimum absolute atomic E-state index is 0.522. The smallest absolute Gasteiger partial charge is 0.213 e. The largest absolute Gasteiger partial charge is 0.473 e. The van der Waals surface area contributed by atoms with Crippen molar-refractivity contribution < 1.29 is 4.74 Å². The van der Waals surface area contributed by atoms with E-state index in [1.807, 2.05) is 73.8 Å². The first-order valence-corrected chi connectivity index (χ1v) is 7.21. The summed E-state index contributed by atoms with van der Waals surface area (Å²) in [7, 11) is 0. The number of anilines is 1. The molecule has 0 unspecified atom stereocenters. The molecule has 1 aromatic heterocycles. The second-order valence-electron chi connectivity index (χ2n) is 5.23. The van der Waals surface area contributed by atoms with Gasteiger partial charge in [-0.2, -0.15) is 0 Å². The number of aromatic nitrogens is 1. The Hall–Kier alpha value is -2.81. The molecular formula is C19H18N2O. The zero-order chi connectivity index (χ0) is 15.4. The average molecular weight is 290 g/mol. The van der Waals surface area contributed by atoms with E-state index in [-0.39, 0.29) is 0 Å². The Labute approximate surface area is 130 Å². The molecule has 22 heavy (non-hydrogen) atoms. The summed E-state index contributed by atoms with van der Waals surface area (Å²) < 4.78 is 5.70. The van der Waals surface area contributed by atoms with Crippen LogP contribution in [-0.4, -0.2) is 4.98 Å². The first-order valence-electron chi connectivity index (χ1n) is 7.21. The average Bonchev–Trinajstić information content (AvgIpc) is 2.55. The van der Waals surface area contributed by atoms with E-state index in [2.05, 4.69) is 4.98 Å². The van der Waals surface area contributed by atoms with Crippen molar-refractivity contribution in [1.82, 2.24) is 4.98 Å². The highest BCUT2D eigenvalue weighted by atomic mass is 16.5. The maximum absolute atomic E-state index is 5.79. The van der Waals surface area contributed by atoms with Crippen molar-refractivity contribution in [2.75, 3.05) is 5.73 Å². The van der Waals surface area contributed by atoms with Gasteiger partial charge < -0.3 is 10.5 Å². The number of hydrogen-bond acceptors (Lipinski definition) is 3. The van der Waals surface area contributed by atoms with Crippen LogP contribution in [0.25, 0.3) is 11.1 Å². The van der Waals surface area contributed by atoms with Crippen molar-refractivity contribution in [2.24, 2.45) is 0 Å². The number of aryl methyl sites for hydroxylation is 1. The SMILES string of the molecule is Cc1cc(N)ccc1-c1ccc(OCc2ccccc2)nc1. The van der Waals surface area contributed by atoms with Crippen LogP contribution in [0.1, 0.15) is 11.1 Å². The van der Waals surface area contributed by atoms with Gasteiger partial charge in [-0.05, 0) is 41.8 Å². The van der Waals surface area contributed by atoms with E-state index in [0.717, 1.165) is 27.9 Å². The lowest BCUT2D eigenvalue weighted by Gasteiger charge is -2.09. The van der Waals surface area contributed by atoms with Crippen LogP contribution in [0.3, 0.4) is 0 Å². The lowest BCUT2D eigenvalue weighted by atomic mass is 10.0. The number of benzene rings is 2. The molecule has 2 aromatic carbocycles. The molecule has 0 bridgehead atoms. The van der Waals surface area contributed by atoms with Crippen LogP contribution in [0.2, 0.25) is 0 Å². The zero-order valence-corrected chi connectivity index (χ0v) is 12.5. The first kappa shape index (κ1) is 14.1. The molecule has 3 rings (SSSR count). The van der Waals surface area contributed by atoms with Gasteiger partial charge in [0.25, 0.3) is 0 Å². The van der Waals surface area contributed by atoms with Crippen molar-refractivity contribution >= 4 is 5.69 Å². The monoisotopic (exact) mass is 290 g/mol. The van der Waals surface area contributed by atoms with Crippen LogP contribution in [0.4, 0.5) is 5.69 Å². The van der Waals surface area contributed by atoms with Gasteiger partial charge in [0.1, 0.15) is 6.61 Å². The number of pyridine rings is 1.